The molecule has 22 heavy (non-hydrogen) atoms. The van der Waals surface area contributed by atoms with Crippen molar-refractivity contribution in [2.75, 3.05) is 20.3 Å². The smallest absolute Gasteiger partial charge is 0.325 e. The highest BCUT2D eigenvalue weighted by atomic mass is 16.5. The number of urea groups is 1. The van der Waals surface area contributed by atoms with Gasteiger partial charge >= 0.3 is 6.03 Å². The number of methoxy groups -OCH3 is 1. The Morgan fingerprint density at radius 2 is 1.91 bits per heavy atom. The van der Waals surface area contributed by atoms with E-state index in [0.29, 0.717) is 11.5 Å². The molecule has 1 aromatic rings. The Morgan fingerprint density at radius 1 is 1.27 bits per heavy atom. The van der Waals surface area contributed by atoms with E-state index in [2.05, 4.69) is 5.32 Å². The first-order chi connectivity index (χ1) is 10.3. The zero-order valence-corrected chi connectivity index (χ0v) is 12.8. The van der Waals surface area contributed by atoms with E-state index in [-0.39, 0.29) is 19.1 Å². The number of para-hydroxylation sites is 2. The van der Waals surface area contributed by atoms with Gasteiger partial charge in [0.1, 0.15) is 18.2 Å². The van der Waals surface area contributed by atoms with Gasteiger partial charge in [0.05, 0.1) is 13.7 Å². The highest BCUT2D eigenvalue weighted by Crippen LogP contribution is 2.26. The molecule has 0 radical (unpaired) electrons. The molecule has 0 unspecified atom stereocenters. The number of ether oxygens (including phenoxy) is 2. The number of benzene rings is 1. The summed E-state index contributed by atoms with van der Waals surface area (Å²) in [5.41, 5.74) is -0.944. The van der Waals surface area contributed by atoms with Crippen molar-refractivity contribution in [2.24, 2.45) is 0 Å². The molecule has 7 heteroatoms. The van der Waals surface area contributed by atoms with Crippen LogP contribution in [0.1, 0.15) is 13.8 Å². The molecule has 0 bridgehead atoms. The Morgan fingerprint density at radius 3 is 2.45 bits per heavy atom. The first kappa shape index (κ1) is 16.1. The summed E-state index contributed by atoms with van der Waals surface area (Å²) in [7, 11) is 1.52. The van der Waals surface area contributed by atoms with Crippen LogP contribution in [-0.4, -0.2) is 53.8 Å². The van der Waals surface area contributed by atoms with Gasteiger partial charge in [-0.25, -0.2) is 4.79 Å². The summed E-state index contributed by atoms with van der Waals surface area (Å²) in [6, 6.07) is 6.53. The molecule has 1 aromatic carbocycles. The zero-order chi connectivity index (χ0) is 16.3. The van der Waals surface area contributed by atoms with Crippen LogP contribution in [0.15, 0.2) is 24.3 Å². The summed E-state index contributed by atoms with van der Waals surface area (Å²) >= 11 is 0. The van der Waals surface area contributed by atoms with Gasteiger partial charge in [0, 0.05) is 0 Å². The molecule has 1 saturated heterocycles. The Bertz CT molecular complexity index is 573. The Balaban J connectivity index is 1.92. The molecule has 0 aliphatic carbocycles. The average Bonchev–Trinajstić information content (AvgIpc) is 2.67. The summed E-state index contributed by atoms with van der Waals surface area (Å²) in [5, 5.41) is 12.6. The van der Waals surface area contributed by atoms with Gasteiger partial charge in [-0.15, -0.1) is 0 Å². The molecule has 3 amide bonds. The van der Waals surface area contributed by atoms with Crippen LogP contribution < -0.4 is 14.8 Å². The van der Waals surface area contributed by atoms with Crippen LogP contribution in [0.2, 0.25) is 0 Å². The van der Waals surface area contributed by atoms with E-state index in [4.69, 9.17) is 9.47 Å². The lowest BCUT2D eigenvalue weighted by Crippen LogP contribution is -2.42. The number of imide groups is 1. The number of hydrogen-bond donors (Lipinski definition) is 2. The third kappa shape index (κ3) is 3.30. The fourth-order valence-electron chi connectivity index (χ4n) is 2.17. The molecule has 7 nitrogen and oxygen atoms in total. The second-order valence-corrected chi connectivity index (χ2v) is 5.59. The number of amides is 3. The Labute approximate surface area is 128 Å². The van der Waals surface area contributed by atoms with Crippen LogP contribution in [-0.2, 0) is 4.79 Å². The molecule has 1 heterocycles. The fraction of sp³-hybridized carbons (Fsp3) is 0.467. The highest BCUT2D eigenvalue weighted by molar-refractivity contribution is 6.06. The number of carbonyl (C=O) groups excluding carboxylic acids is 2. The summed E-state index contributed by atoms with van der Waals surface area (Å²) in [4.78, 5) is 24.7. The van der Waals surface area contributed by atoms with Crippen LogP contribution in [0, 0.1) is 0 Å². The van der Waals surface area contributed by atoms with E-state index in [1.165, 1.54) is 7.11 Å². The minimum atomic E-state index is -0.992. The maximum Gasteiger partial charge on any atom is 0.325 e. The second kappa shape index (κ2) is 6.23. The van der Waals surface area contributed by atoms with Crippen molar-refractivity contribution < 1.29 is 24.2 Å². The lowest BCUT2D eigenvalue weighted by Gasteiger charge is -2.19. The number of β-amino-alcohol motifs (C(OH)–C–C–N with tert-alkyl or cyclic N) is 1. The minimum absolute atomic E-state index is 0.0577. The van der Waals surface area contributed by atoms with Crippen LogP contribution in [0.3, 0.4) is 0 Å². The van der Waals surface area contributed by atoms with Gasteiger partial charge in [-0.1, -0.05) is 12.1 Å². The SMILES string of the molecule is COc1ccccc1OC[C@@H](O)CN1C(=O)NC(C)(C)C1=O. The largest absolute Gasteiger partial charge is 0.493 e. The van der Waals surface area contributed by atoms with E-state index < -0.39 is 17.7 Å². The number of rotatable bonds is 6. The van der Waals surface area contributed by atoms with Crippen LogP contribution >= 0.6 is 0 Å². The molecule has 2 rings (SSSR count). The molecule has 1 aliphatic rings. The lowest BCUT2D eigenvalue weighted by molar-refractivity contribution is -0.131. The molecule has 2 N–H and O–H groups in total. The zero-order valence-electron chi connectivity index (χ0n) is 12.8. The predicted molar refractivity (Wildman–Crippen MR) is 78.8 cm³/mol. The topological polar surface area (TPSA) is 88.1 Å². The van der Waals surface area contributed by atoms with Crippen molar-refractivity contribution in [2.45, 2.75) is 25.5 Å². The fourth-order valence-corrected chi connectivity index (χ4v) is 2.17. The van der Waals surface area contributed by atoms with Gasteiger partial charge in [-0.2, -0.15) is 0 Å². The second-order valence-electron chi connectivity index (χ2n) is 5.59. The van der Waals surface area contributed by atoms with Crippen molar-refractivity contribution in [3.63, 3.8) is 0 Å². The molecule has 0 spiro atoms. The maximum absolute atomic E-state index is 12.0. The molecule has 0 saturated carbocycles. The molecule has 0 aromatic heterocycles. The van der Waals surface area contributed by atoms with Crippen molar-refractivity contribution in [1.29, 1.82) is 0 Å². The summed E-state index contributed by atoms with van der Waals surface area (Å²) in [6.45, 7) is 3.05. The standard InChI is InChI=1S/C15H20N2O5/c1-15(2)13(19)17(14(20)16-15)8-10(18)9-22-12-7-5-4-6-11(12)21-3/h4-7,10,18H,8-9H2,1-3H3,(H,16,20)/t10-/m0/s1. The first-order valence-corrected chi connectivity index (χ1v) is 6.93. The third-order valence-corrected chi connectivity index (χ3v) is 3.34. The van der Waals surface area contributed by atoms with E-state index in [0.717, 1.165) is 4.90 Å². The third-order valence-electron chi connectivity index (χ3n) is 3.34. The Hall–Kier alpha value is -2.28. The van der Waals surface area contributed by atoms with Gasteiger partial charge in [-0.05, 0) is 26.0 Å². The monoisotopic (exact) mass is 308 g/mol. The predicted octanol–water partition coefficient (Wildman–Crippen LogP) is 0.765. The van der Waals surface area contributed by atoms with Gasteiger partial charge in [0.25, 0.3) is 5.91 Å². The van der Waals surface area contributed by atoms with Crippen molar-refractivity contribution in [3.8, 4) is 11.5 Å². The number of aliphatic hydroxyl groups excluding tert-OH is 1. The molecule has 1 aliphatic heterocycles. The summed E-state index contributed by atoms with van der Waals surface area (Å²) in [6.07, 6.45) is -0.992. The van der Waals surface area contributed by atoms with Gasteiger partial charge in [0.2, 0.25) is 0 Å². The van der Waals surface area contributed by atoms with Gasteiger partial charge in [-0.3, -0.25) is 9.69 Å². The molecule has 1 atom stereocenters. The average molecular weight is 308 g/mol. The molecule has 1 fully saturated rings. The van der Waals surface area contributed by atoms with Gasteiger partial charge < -0.3 is 19.9 Å². The van der Waals surface area contributed by atoms with Crippen LogP contribution in [0.4, 0.5) is 4.79 Å². The molecular formula is C15H20N2O5. The quantitative estimate of drug-likeness (QED) is 0.758. The summed E-state index contributed by atoms with van der Waals surface area (Å²) in [5.74, 6) is 0.668. The van der Waals surface area contributed by atoms with E-state index in [1.54, 1.807) is 38.1 Å². The number of aliphatic hydroxyl groups is 1. The van der Waals surface area contributed by atoms with E-state index >= 15 is 0 Å². The maximum atomic E-state index is 12.0. The number of nitrogens with zero attached hydrogens (tertiary/aromatic N) is 1. The number of nitrogens with one attached hydrogen (secondary N) is 1. The van der Waals surface area contributed by atoms with Crippen LogP contribution in [0.25, 0.3) is 0 Å². The number of hydrogen-bond acceptors (Lipinski definition) is 5. The highest BCUT2D eigenvalue weighted by Gasteiger charge is 2.44. The molecular weight excluding hydrogens is 288 g/mol. The lowest BCUT2D eigenvalue weighted by atomic mass is 10.1. The Kier molecular flexibility index (Phi) is 4.56. The van der Waals surface area contributed by atoms with Crippen molar-refractivity contribution >= 4 is 11.9 Å². The van der Waals surface area contributed by atoms with Crippen molar-refractivity contribution in [1.82, 2.24) is 10.2 Å². The molecule has 120 valence electrons. The number of carbonyl (C=O) groups is 2. The normalized spacial score (nSPS) is 18.1. The van der Waals surface area contributed by atoms with E-state index in [1.807, 2.05) is 0 Å². The van der Waals surface area contributed by atoms with Crippen molar-refractivity contribution in [3.05, 3.63) is 24.3 Å². The van der Waals surface area contributed by atoms with Crippen LogP contribution in [0.5, 0.6) is 11.5 Å². The van der Waals surface area contributed by atoms with E-state index in [9.17, 15) is 14.7 Å². The van der Waals surface area contributed by atoms with Gasteiger partial charge in [0.15, 0.2) is 11.5 Å². The minimum Gasteiger partial charge on any atom is -0.493 e. The first-order valence-electron chi connectivity index (χ1n) is 6.93. The summed E-state index contributed by atoms with van der Waals surface area (Å²) < 4.78 is 10.6.